The molecule has 0 aromatic rings. The molecular formula is C15H24O2. The fourth-order valence-corrected chi connectivity index (χ4v) is 5.61. The Labute approximate surface area is 104 Å². The van der Waals surface area contributed by atoms with Gasteiger partial charge in [0.05, 0.1) is 13.0 Å². The average molecular weight is 236 g/mol. The summed E-state index contributed by atoms with van der Waals surface area (Å²) in [6.45, 7) is 4.75. The van der Waals surface area contributed by atoms with E-state index in [-0.39, 0.29) is 11.9 Å². The third-order valence-electron chi connectivity index (χ3n) is 6.04. The molecule has 0 heterocycles. The van der Waals surface area contributed by atoms with Gasteiger partial charge in [-0.25, -0.2) is 0 Å². The Morgan fingerprint density at radius 3 is 2.65 bits per heavy atom. The number of ether oxygens (including phenoxy) is 1. The summed E-state index contributed by atoms with van der Waals surface area (Å²) >= 11 is 0. The van der Waals surface area contributed by atoms with Gasteiger partial charge in [0.15, 0.2) is 0 Å². The molecule has 96 valence electrons. The van der Waals surface area contributed by atoms with E-state index in [9.17, 15) is 4.79 Å². The Balaban J connectivity index is 1.84. The van der Waals surface area contributed by atoms with Gasteiger partial charge >= 0.3 is 5.97 Å². The van der Waals surface area contributed by atoms with E-state index in [0.717, 1.165) is 36.0 Å². The zero-order chi connectivity index (χ0) is 12.2. The molecule has 0 amide bonds. The molecule has 0 N–H and O–H groups in total. The van der Waals surface area contributed by atoms with Crippen LogP contribution >= 0.6 is 0 Å². The van der Waals surface area contributed by atoms with E-state index in [1.54, 1.807) is 7.11 Å². The first-order valence-electron chi connectivity index (χ1n) is 7.25. The van der Waals surface area contributed by atoms with E-state index in [1.165, 1.54) is 19.3 Å². The number of carbonyl (C=O) groups is 1. The van der Waals surface area contributed by atoms with Crippen LogP contribution in [0.5, 0.6) is 0 Å². The van der Waals surface area contributed by atoms with Crippen molar-refractivity contribution in [3.05, 3.63) is 0 Å². The van der Waals surface area contributed by atoms with Crippen LogP contribution in [-0.2, 0) is 9.53 Å². The van der Waals surface area contributed by atoms with Crippen molar-refractivity contribution in [3.8, 4) is 0 Å². The van der Waals surface area contributed by atoms with Crippen molar-refractivity contribution in [1.82, 2.24) is 0 Å². The van der Waals surface area contributed by atoms with Gasteiger partial charge < -0.3 is 4.74 Å². The van der Waals surface area contributed by atoms with Gasteiger partial charge in [0.25, 0.3) is 0 Å². The number of rotatable bonds is 2. The van der Waals surface area contributed by atoms with Crippen LogP contribution in [0.25, 0.3) is 0 Å². The summed E-state index contributed by atoms with van der Waals surface area (Å²) in [6.07, 6.45) is 5.10. The first kappa shape index (κ1) is 11.6. The third-order valence-corrected chi connectivity index (χ3v) is 6.04. The molecule has 2 bridgehead atoms. The molecule has 7 atom stereocenters. The van der Waals surface area contributed by atoms with Gasteiger partial charge in [-0.2, -0.15) is 0 Å². The van der Waals surface area contributed by atoms with Crippen LogP contribution in [0.1, 0.15) is 39.5 Å². The van der Waals surface area contributed by atoms with E-state index in [1.807, 2.05) is 0 Å². The maximum atomic E-state index is 11.8. The molecule has 0 spiro atoms. The molecule has 0 aliphatic heterocycles. The summed E-state index contributed by atoms with van der Waals surface area (Å²) in [7, 11) is 1.54. The first-order valence-corrected chi connectivity index (χ1v) is 7.25. The van der Waals surface area contributed by atoms with Crippen LogP contribution in [0.3, 0.4) is 0 Å². The minimum Gasteiger partial charge on any atom is -0.469 e. The molecule has 3 aliphatic rings. The zero-order valence-electron chi connectivity index (χ0n) is 11.2. The van der Waals surface area contributed by atoms with Gasteiger partial charge in [0.1, 0.15) is 0 Å². The van der Waals surface area contributed by atoms with Crippen molar-refractivity contribution in [2.24, 2.45) is 41.4 Å². The van der Waals surface area contributed by atoms with Crippen LogP contribution in [0.4, 0.5) is 0 Å². The summed E-state index contributed by atoms with van der Waals surface area (Å²) in [5.74, 6) is 5.27. The Morgan fingerprint density at radius 1 is 1.24 bits per heavy atom. The van der Waals surface area contributed by atoms with Crippen LogP contribution in [0, 0.1) is 41.4 Å². The van der Waals surface area contributed by atoms with E-state index < -0.39 is 0 Å². The van der Waals surface area contributed by atoms with Gasteiger partial charge in [0.2, 0.25) is 0 Å². The van der Waals surface area contributed by atoms with Crippen LogP contribution in [-0.4, -0.2) is 13.1 Å². The molecule has 2 heteroatoms. The molecular weight excluding hydrogens is 212 g/mol. The van der Waals surface area contributed by atoms with Crippen LogP contribution < -0.4 is 0 Å². The standard InChI is InChI=1S/C15H24O2/c1-4-9-5-8(2)13-10-6-11(14(9)13)12(7-10)15(16)17-3/h8-14H,4-7H2,1-3H3. The van der Waals surface area contributed by atoms with E-state index >= 15 is 0 Å². The van der Waals surface area contributed by atoms with Gasteiger partial charge in [-0.05, 0) is 54.8 Å². The normalized spacial score (nSPS) is 51.6. The summed E-state index contributed by atoms with van der Waals surface area (Å²) in [5, 5.41) is 0. The molecule has 3 aliphatic carbocycles. The molecule has 0 saturated heterocycles. The SMILES string of the molecule is CCC1CC(C)C2C3CC(C(=O)OC)C(C3)C12. The van der Waals surface area contributed by atoms with Crippen molar-refractivity contribution < 1.29 is 9.53 Å². The van der Waals surface area contributed by atoms with Gasteiger partial charge in [0, 0.05) is 0 Å². The van der Waals surface area contributed by atoms with E-state index in [0.29, 0.717) is 5.92 Å². The van der Waals surface area contributed by atoms with Crippen molar-refractivity contribution >= 4 is 5.97 Å². The molecule has 2 nitrogen and oxygen atoms in total. The highest BCUT2D eigenvalue weighted by molar-refractivity contribution is 5.73. The highest BCUT2D eigenvalue weighted by Crippen LogP contribution is 2.65. The van der Waals surface area contributed by atoms with Gasteiger partial charge in [-0.3, -0.25) is 4.79 Å². The lowest BCUT2D eigenvalue weighted by atomic mass is 9.71. The summed E-state index contributed by atoms with van der Waals surface area (Å²) in [6, 6.07) is 0. The smallest absolute Gasteiger partial charge is 0.308 e. The number of esters is 1. The first-order chi connectivity index (χ1) is 8.17. The van der Waals surface area contributed by atoms with Crippen LogP contribution in [0.15, 0.2) is 0 Å². The predicted molar refractivity (Wildman–Crippen MR) is 66.3 cm³/mol. The van der Waals surface area contributed by atoms with Crippen molar-refractivity contribution in [2.45, 2.75) is 39.5 Å². The lowest BCUT2D eigenvalue weighted by molar-refractivity contribution is -0.148. The number of fused-ring (bicyclic) bond motifs is 5. The largest absolute Gasteiger partial charge is 0.469 e. The topological polar surface area (TPSA) is 26.3 Å². The van der Waals surface area contributed by atoms with Crippen LogP contribution in [0.2, 0.25) is 0 Å². The van der Waals surface area contributed by atoms with Gasteiger partial charge in [-0.15, -0.1) is 0 Å². The number of carbonyl (C=O) groups excluding carboxylic acids is 1. The molecule has 3 fully saturated rings. The Hall–Kier alpha value is -0.530. The average Bonchev–Trinajstić information content (AvgIpc) is 2.98. The van der Waals surface area contributed by atoms with Gasteiger partial charge in [-0.1, -0.05) is 20.3 Å². The highest BCUT2D eigenvalue weighted by Gasteiger charge is 2.60. The fourth-order valence-electron chi connectivity index (χ4n) is 5.61. The Kier molecular flexibility index (Phi) is 2.72. The summed E-state index contributed by atoms with van der Waals surface area (Å²) < 4.78 is 4.99. The molecule has 0 aromatic heterocycles. The lowest BCUT2D eigenvalue weighted by Gasteiger charge is -2.34. The Bertz CT molecular complexity index is 325. The quantitative estimate of drug-likeness (QED) is 0.689. The molecule has 3 saturated carbocycles. The van der Waals surface area contributed by atoms with E-state index in [4.69, 9.17) is 4.74 Å². The second kappa shape index (κ2) is 4.00. The maximum Gasteiger partial charge on any atom is 0.308 e. The second-order valence-electron chi connectivity index (χ2n) is 6.56. The molecule has 0 aromatic carbocycles. The predicted octanol–water partition coefficient (Wildman–Crippen LogP) is 3.11. The Morgan fingerprint density at radius 2 is 2.00 bits per heavy atom. The van der Waals surface area contributed by atoms with Crippen molar-refractivity contribution in [3.63, 3.8) is 0 Å². The zero-order valence-corrected chi connectivity index (χ0v) is 11.2. The number of hydrogen-bond acceptors (Lipinski definition) is 2. The highest BCUT2D eigenvalue weighted by atomic mass is 16.5. The third kappa shape index (κ3) is 1.49. The monoisotopic (exact) mass is 236 g/mol. The molecule has 7 unspecified atom stereocenters. The number of hydrogen-bond donors (Lipinski definition) is 0. The molecule has 0 radical (unpaired) electrons. The molecule has 17 heavy (non-hydrogen) atoms. The maximum absolute atomic E-state index is 11.8. The molecule has 3 rings (SSSR count). The summed E-state index contributed by atoms with van der Waals surface area (Å²) in [5.41, 5.74) is 0. The minimum absolute atomic E-state index is 0.0605. The minimum atomic E-state index is 0.0605. The fraction of sp³-hybridized carbons (Fsp3) is 0.933. The summed E-state index contributed by atoms with van der Waals surface area (Å²) in [4.78, 5) is 11.8. The second-order valence-corrected chi connectivity index (χ2v) is 6.56. The van der Waals surface area contributed by atoms with E-state index in [2.05, 4.69) is 13.8 Å². The lowest BCUT2D eigenvalue weighted by Crippen LogP contribution is -2.34. The van der Waals surface area contributed by atoms with Crippen molar-refractivity contribution in [2.75, 3.05) is 7.11 Å². The number of methoxy groups -OCH3 is 1. The van der Waals surface area contributed by atoms with Crippen molar-refractivity contribution in [1.29, 1.82) is 0 Å².